The van der Waals surface area contributed by atoms with Gasteiger partial charge in [-0.25, -0.2) is 13.4 Å². The lowest BCUT2D eigenvalue weighted by atomic mass is 10.2. The molecule has 2 rings (SSSR count). The van der Waals surface area contributed by atoms with E-state index in [-0.39, 0.29) is 4.90 Å². The monoisotopic (exact) mass is 303 g/mol. The minimum atomic E-state index is -3.59. The van der Waals surface area contributed by atoms with Crippen molar-refractivity contribution in [3.8, 4) is 0 Å². The lowest BCUT2D eigenvalue weighted by molar-refractivity contribution is 0.601. The van der Waals surface area contributed by atoms with Gasteiger partial charge in [0.05, 0.1) is 16.8 Å². The Bertz CT molecular complexity index is 725. The SMILES string of the molecule is C=CCNc1ccc(NS(=O)(=O)c2cccc(C)c2)cn1. The average molecular weight is 303 g/mol. The predicted molar refractivity (Wildman–Crippen MR) is 84.9 cm³/mol. The van der Waals surface area contributed by atoms with Crippen molar-refractivity contribution in [3.05, 3.63) is 60.8 Å². The molecular weight excluding hydrogens is 286 g/mol. The molecule has 1 aromatic carbocycles. The number of hydrogen-bond donors (Lipinski definition) is 2. The second-order valence-corrected chi connectivity index (χ2v) is 6.21. The molecule has 5 nitrogen and oxygen atoms in total. The van der Waals surface area contributed by atoms with Gasteiger partial charge in [-0.1, -0.05) is 18.2 Å². The Morgan fingerprint density at radius 2 is 2.10 bits per heavy atom. The third-order valence-electron chi connectivity index (χ3n) is 2.74. The molecule has 1 aromatic heterocycles. The fraction of sp³-hybridized carbons (Fsp3) is 0.133. The second kappa shape index (κ2) is 6.41. The predicted octanol–water partition coefficient (Wildman–Crippen LogP) is 2.79. The molecule has 0 aliphatic carbocycles. The molecule has 0 amide bonds. The van der Waals surface area contributed by atoms with E-state index < -0.39 is 10.0 Å². The summed E-state index contributed by atoms with van der Waals surface area (Å²) < 4.78 is 27.0. The van der Waals surface area contributed by atoms with Crippen molar-refractivity contribution >= 4 is 21.5 Å². The smallest absolute Gasteiger partial charge is 0.261 e. The van der Waals surface area contributed by atoms with Crippen LogP contribution in [0, 0.1) is 6.92 Å². The van der Waals surface area contributed by atoms with E-state index in [0.717, 1.165) is 5.56 Å². The lowest BCUT2D eigenvalue weighted by Crippen LogP contribution is -2.13. The number of hydrogen-bond acceptors (Lipinski definition) is 4. The van der Waals surface area contributed by atoms with Crippen molar-refractivity contribution in [3.63, 3.8) is 0 Å². The van der Waals surface area contributed by atoms with Crippen LogP contribution in [0.5, 0.6) is 0 Å². The van der Waals surface area contributed by atoms with Crippen LogP contribution in [0.2, 0.25) is 0 Å². The van der Waals surface area contributed by atoms with Gasteiger partial charge in [-0.2, -0.15) is 0 Å². The topological polar surface area (TPSA) is 71.1 Å². The molecule has 0 aliphatic heterocycles. The minimum Gasteiger partial charge on any atom is -0.367 e. The molecule has 21 heavy (non-hydrogen) atoms. The maximum absolute atomic E-state index is 12.2. The Balaban J connectivity index is 2.15. The molecule has 0 aliphatic rings. The highest BCUT2D eigenvalue weighted by Gasteiger charge is 2.14. The van der Waals surface area contributed by atoms with Crippen molar-refractivity contribution in [2.24, 2.45) is 0 Å². The van der Waals surface area contributed by atoms with Crippen LogP contribution in [0.15, 0.2) is 60.1 Å². The minimum absolute atomic E-state index is 0.233. The van der Waals surface area contributed by atoms with Gasteiger partial charge >= 0.3 is 0 Å². The van der Waals surface area contributed by atoms with Gasteiger partial charge in [-0.15, -0.1) is 6.58 Å². The third kappa shape index (κ3) is 4.06. The highest BCUT2D eigenvalue weighted by atomic mass is 32.2. The summed E-state index contributed by atoms with van der Waals surface area (Å²) in [6, 6.07) is 10.1. The summed E-state index contributed by atoms with van der Waals surface area (Å²) in [4.78, 5) is 4.36. The summed E-state index contributed by atoms with van der Waals surface area (Å²) in [5.74, 6) is 0.661. The number of pyridine rings is 1. The van der Waals surface area contributed by atoms with Gasteiger partial charge in [0.25, 0.3) is 10.0 Å². The zero-order valence-electron chi connectivity index (χ0n) is 11.7. The van der Waals surface area contributed by atoms with Gasteiger partial charge < -0.3 is 5.32 Å². The standard InChI is InChI=1S/C15H17N3O2S/c1-3-9-16-15-8-7-13(11-17-15)18-21(19,20)14-6-4-5-12(2)10-14/h3-8,10-11,18H,1,9H2,2H3,(H,16,17). The molecule has 2 aromatic rings. The Morgan fingerprint density at radius 1 is 1.29 bits per heavy atom. The van der Waals surface area contributed by atoms with E-state index in [2.05, 4.69) is 21.6 Å². The Kier molecular flexibility index (Phi) is 4.59. The largest absolute Gasteiger partial charge is 0.367 e. The first kappa shape index (κ1) is 15.1. The zero-order valence-corrected chi connectivity index (χ0v) is 12.5. The molecule has 0 unspecified atom stereocenters. The maximum atomic E-state index is 12.2. The Labute approximate surface area is 124 Å². The molecule has 0 radical (unpaired) electrons. The summed E-state index contributed by atoms with van der Waals surface area (Å²) >= 11 is 0. The number of aryl methyl sites for hydroxylation is 1. The Morgan fingerprint density at radius 3 is 2.71 bits per heavy atom. The number of anilines is 2. The fourth-order valence-corrected chi connectivity index (χ4v) is 2.88. The van der Waals surface area contributed by atoms with Gasteiger partial charge in [0.15, 0.2) is 0 Å². The van der Waals surface area contributed by atoms with Gasteiger partial charge in [-0.3, -0.25) is 4.72 Å². The molecule has 0 saturated carbocycles. The molecule has 0 atom stereocenters. The van der Waals surface area contributed by atoms with Crippen LogP contribution < -0.4 is 10.0 Å². The normalized spacial score (nSPS) is 10.9. The van der Waals surface area contributed by atoms with E-state index in [1.54, 1.807) is 36.4 Å². The molecule has 0 spiro atoms. The first-order valence-electron chi connectivity index (χ1n) is 6.41. The highest BCUT2D eigenvalue weighted by molar-refractivity contribution is 7.92. The van der Waals surface area contributed by atoms with E-state index in [4.69, 9.17) is 0 Å². The first-order chi connectivity index (χ1) is 10.0. The van der Waals surface area contributed by atoms with Gasteiger partial charge in [0, 0.05) is 6.54 Å². The van der Waals surface area contributed by atoms with Gasteiger partial charge in [0.1, 0.15) is 5.82 Å². The number of nitrogens with one attached hydrogen (secondary N) is 2. The molecule has 0 bridgehead atoms. The second-order valence-electron chi connectivity index (χ2n) is 4.52. The van der Waals surface area contributed by atoms with Crippen LogP contribution in [0.3, 0.4) is 0 Å². The lowest BCUT2D eigenvalue weighted by Gasteiger charge is -2.09. The van der Waals surface area contributed by atoms with Crippen LogP contribution in [-0.4, -0.2) is 19.9 Å². The molecule has 0 fully saturated rings. The van der Waals surface area contributed by atoms with E-state index in [1.807, 2.05) is 13.0 Å². The number of benzene rings is 1. The maximum Gasteiger partial charge on any atom is 0.261 e. The highest BCUT2D eigenvalue weighted by Crippen LogP contribution is 2.17. The molecular formula is C15H17N3O2S. The van der Waals surface area contributed by atoms with Crippen molar-refractivity contribution in [2.75, 3.05) is 16.6 Å². The summed E-state index contributed by atoms with van der Waals surface area (Å²) in [6.45, 7) is 6.05. The van der Waals surface area contributed by atoms with E-state index in [1.165, 1.54) is 6.20 Å². The van der Waals surface area contributed by atoms with Crippen molar-refractivity contribution in [1.29, 1.82) is 0 Å². The van der Waals surface area contributed by atoms with Crippen LogP contribution in [0.1, 0.15) is 5.56 Å². The summed E-state index contributed by atoms with van der Waals surface area (Å²) in [6.07, 6.45) is 3.19. The number of sulfonamides is 1. The Hall–Kier alpha value is -2.34. The van der Waals surface area contributed by atoms with Crippen LogP contribution >= 0.6 is 0 Å². The average Bonchev–Trinajstić information content (AvgIpc) is 2.46. The summed E-state index contributed by atoms with van der Waals surface area (Å²) in [7, 11) is -3.59. The molecule has 1 heterocycles. The fourth-order valence-electron chi connectivity index (χ4n) is 1.73. The van der Waals surface area contributed by atoms with Crippen molar-refractivity contribution in [1.82, 2.24) is 4.98 Å². The molecule has 6 heteroatoms. The summed E-state index contributed by atoms with van der Waals surface area (Å²) in [5, 5.41) is 3.02. The number of rotatable bonds is 6. The molecule has 110 valence electrons. The van der Waals surface area contributed by atoms with Gasteiger partial charge in [0.2, 0.25) is 0 Å². The van der Waals surface area contributed by atoms with Crippen molar-refractivity contribution in [2.45, 2.75) is 11.8 Å². The molecule has 2 N–H and O–H groups in total. The summed E-state index contributed by atoms with van der Waals surface area (Å²) in [5.41, 5.74) is 1.31. The van der Waals surface area contributed by atoms with Crippen LogP contribution in [0.25, 0.3) is 0 Å². The first-order valence-corrected chi connectivity index (χ1v) is 7.90. The number of nitrogens with zero attached hydrogens (tertiary/aromatic N) is 1. The van der Waals surface area contributed by atoms with Crippen LogP contribution in [0.4, 0.5) is 11.5 Å². The molecule has 0 saturated heterocycles. The third-order valence-corrected chi connectivity index (χ3v) is 4.12. The van der Waals surface area contributed by atoms with Gasteiger partial charge in [-0.05, 0) is 36.8 Å². The quantitative estimate of drug-likeness (QED) is 0.805. The van der Waals surface area contributed by atoms with Crippen molar-refractivity contribution < 1.29 is 8.42 Å². The van der Waals surface area contributed by atoms with E-state index in [0.29, 0.717) is 18.1 Å². The van der Waals surface area contributed by atoms with E-state index in [9.17, 15) is 8.42 Å². The zero-order chi connectivity index (χ0) is 15.3. The number of aromatic nitrogens is 1. The van der Waals surface area contributed by atoms with Crippen LogP contribution in [-0.2, 0) is 10.0 Å². The van der Waals surface area contributed by atoms with E-state index >= 15 is 0 Å².